The summed E-state index contributed by atoms with van der Waals surface area (Å²) in [5.41, 5.74) is 0.794. The third-order valence-electron chi connectivity index (χ3n) is 5.06. The number of carboxylic acid groups (broad SMARTS) is 2. The number of benzene rings is 1. The number of aliphatic carboxylic acids is 1. The van der Waals surface area contributed by atoms with Crippen molar-refractivity contribution in [3.8, 4) is 0 Å². The van der Waals surface area contributed by atoms with Crippen LogP contribution >= 0.6 is 0 Å². The maximum atomic E-state index is 12.6. The molecule has 0 bridgehead atoms. The van der Waals surface area contributed by atoms with E-state index < -0.39 is 23.6 Å². The molecule has 2 aliphatic heterocycles. The number of hydrogen-bond acceptors (Lipinski definition) is 4. The Morgan fingerprint density at radius 1 is 1.12 bits per heavy atom. The molecule has 0 saturated carbocycles. The van der Waals surface area contributed by atoms with E-state index in [1.165, 1.54) is 4.90 Å². The Hall–Kier alpha value is -2.61. The highest BCUT2D eigenvalue weighted by Gasteiger charge is 2.44. The smallest absolute Gasteiger partial charge is 0.407 e. The summed E-state index contributed by atoms with van der Waals surface area (Å²) in [7, 11) is 0. The highest BCUT2D eigenvalue weighted by molar-refractivity contribution is 5.90. The van der Waals surface area contributed by atoms with Crippen molar-refractivity contribution in [2.45, 2.75) is 37.4 Å². The minimum atomic E-state index is -1.42. The van der Waals surface area contributed by atoms with Gasteiger partial charge in [0.15, 0.2) is 0 Å². The van der Waals surface area contributed by atoms with Crippen LogP contribution in [0.4, 0.5) is 4.79 Å². The number of hydrogen-bond donors (Lipinski definition) is 4. The number of rotatable bonds is 3. The van der Waals surface area contributed by atoms with Crippen molar-refractivity contribution in [3.05, 3.63) is 35.4 Å². The molecule has 1 aromatic rings. The van der Waals surface area contributed by atoms with Crippen LogP contribution < -0.4 is 10.6 Å². The molecule has 2 amide bonds. The molecule has 1 atom stereocenters. The molecule has 0 spiro atoms. The van der Waals surface area contributed by atoms with Crippen LogP contribution in [0.2, 0.25) is 0 Å². The number of nitrogens with zero attached hydrogens (tertiary/aromatic N) is 1. The third-order valence-corrected chi connectivity index (χ3v) is 5.06. The Labute approximate surface area is 144 Å². The van der Waals surface area contributed by atoms with Crippen LogP contribution in [0.5, 0.6) is 0 Å². The summed E-state index contributed by atoms with van der Waals surface area (Å²) in [6.07, 6.45) is -0.456. The third kappa shape index (κ3) is 3.43. The van der Waals surface area contributed by atoms with Crippen LogP contribution in [-0.2, 0) is 22.6 Å². The van der Waals surface area contributed by atoms with Gasteiger partial charge in [0.05, 0.1) is 6.04 Å². The van der Waals surface area contributed by atoms with Crippen LogP contribution in [0.3, 0.4) is 0 Å². The van der Waals surface area contributed by atoms with Gasteiger partial charge in [0.2, 0.25) is 5.91 Å². The standard InChI is InChI=1S/C17H21N3O5/c21-14(13-9-11-3-1-2-4-12(11)10-18-13)19-17(15(22)23)5-7-20(8-6-17)16(24)25/h1-4,13,18H,5-10H2,(H,19,21)(H,22,23)(H,24,25). The lowest BCUT2D eigenvalue weighted by molar-refractivity contribution is -0.150. The van der Waals surface area contributed by atoms with Gasteiger partial charge in [0, 0.05) is 19.6 Å². The fourth-order valence-corrected chi connectivity index (χ4v) is 3.43. The van der Waals surface area contributed by atoms with Crippen molar-refractivity contribution < 1.29 is 24.6 Å². The van der Waals surface area contributed by atoms with Crippen LogP contribution in [0.25, 0.3) is 0 Å². The van der Waals surface area contributed by atoms with Gasteiger partial charge in [-0.25, -0.2) is 9.59 Å². The van der Waals surface area contributed by atoms with Crippen molar-refractivity contribution in [1.82, 2.24) is 15.5 Å². The predicted octanol–water partition coefficient (Wildman–Crippen LogP) is 0.414. The summed E-state index contributed by atoms with van der Waals surface area (Å²) < 4.78 is 0. The zero-order valence-corrected chi connectivity index (χ0v) is 13.7. The monoisotopic (exact) mass is 347 g/mol. The SMILES string of the molecule is O=C(NC1(C(=O)O)CCN(C(=O)O)CC1)C1Cc2ccccc2CN1. The summed E-state index contributed by atoms with van der Waals surface area (Å²) >= 11 is 0. The summed E-state index contributed by atoms with van der Waals surface area (Å²) in [6, 6.07) is 7.32. The van der Waals surface area contributed by atoms with E-state index in [0.717, 1.165) is 11.1 Å². The van der Waals surface area contributed by atoms with Gasteiger partial charge in [0.1, 0.15) is 5.54 Å². The molecule has 2 aliphatic rings. The predicted molar refractivity (Wildman–Crippen MR) is 88.1 cm³/mol. The molecule has 8 heteroatoms. The quantitative estimate of drug-likeness (QED) is 0.629. The Kier molecular flexibility index (Phi) is 4.63. The Morgan fingerprint density at radius 2 is 1.76 bits per heavy atom. The normalized spacial score (nSPS) is 21.9. The van der Waals surface area contributed by atoms with Crippen molar-refractivity contribution in [3.63, 3.8) is 0 Å². The second-order valence-electron chi connectivity index (χ2n) is 6.55. The summed E-state index contributed by atoms with van der Waals surface area (Å²) in [6.45, 7) is 0.729. The van der Waals surface area contributed by atoms with Crippen LogP contribution in [-0.4, -0.2) is 57.8 Å². The molecule has 0 aromatic heterocycles. The van der Waals surface area contributed by atoms with Crippen molar-refractivity contribution in [1.29, 1.82) is 0 Å². The number of piperidine rings is 1. The molecule has 1 aromatic carbocycles. The average Bonchev–Trinajstić information content (AvgIpc) is 2.61. The molecule has 2 heterocycles. The van der Waals surface area contributed by atoms with Gasteiger partial charge >= 0.3 is 12.1 Å². The average molecular weight is 347 g/mol. The number of carbonyl (C=O) groups is 3. The number of nitrogens with one attached hydrogen (secondary N) is 2. The minimum absolute atomic E-state index is 0.0592. The minimum Gasteiger partial charge on any atom is -0.480 e. The van der Waals surface area contributed by atoms with Gasteiger partial charge in [-0.05, 0) is 30.4 Å². The highest BCUT2D eigenvalue weighted by Crippen LogP contribution is 2.24. The van der Waals surface area contributed by atoms with Gasteiger partial charge in [0.25, 0.3) is 0 Å². The first kappa shape index (κ1) is 17.2. The molecule has 1 unspecified atom stereocenters. The molecule has 134 valence electrons. The van der Waals surface area contributed by atoms with E-state index in [2.05, 4.69) is 10.6 Å². The van der Waals surface area contributed by atoms with Gasteiger partial charge in [-0.1, -0.05) is 24.3 Å². The number of amides is 2. The first-order valence-corrected chi connectivity index (χ1v) is 8.25. The molecule has 3 rings (SSSR count). The van der Waals surface area contributed by atoms with Crippen LogP contribution in [0.1, 0.15) is 24.0 Å². The lowest BCUT2D eigenvalue weighted by atomic mass is 9.86. The number of carboxylic acids is 1. The Bertz CT molecular complexity index is 697. The number of likely N-dealkylation sites (tertiary alicyclic amines) is 1. The first-order valence-electron chi connectivity index (χ1n) is 8.25. The van der Waals surface area contributed by atoms with Gasteiger partial charge < -0.3 is 25.7 Å². The molecule has 0 radical (unpaired) electrons. The zero-order valence-electron chi connectivity index (χ0n) is 13.7. The van der Waals surface area contributed by atoms with Crippen molar-refractivity contribution in [2.24, 2.45) is 0 Å². The number of carbonyl (C=O) groups excluding carboxylic acids is 1. The maximum absolute atomic E-state index is 12.6. The largest absolute Gasteiger partial charge is 0.480 e. The highest BCUT2D eigenvalue weighted by atomic mass is 16.4. The molecule has 25 heavy (non-hydrogen) atoms. The van der Waals surface area contributed by atoms with E-state index in [-0.39, 0.29) is 31.8 Å². The molecule has 4 N–H and O–H groups in total. The maximum Gasteiger partial charge on any atom is 0.407 e. The Morgan fingerprint density at radius 3 is 2.36 bits per heavy atom. The molecule has 8 nitrogen and oxygen atoms in total. The lowest BCUT2D eigenvalue weighted by Crippen LogP contribution is -2.63. The number of fused-ring (bicyclic) bond motifs is 1. The second-order valence-corrected chi connectivity index (χ2v) is 6.55. The molecule has 1 saturated heterocycles. The van der Waals surface area contributed by atoms with E-state index in [1.807, 2.05) is 24.3 Å². The fourth-order valence-electron chi connectivity index (χ4n) is 3.43. The van der Waals surface area contributed by atoms with E-state index >= 15 is 0 Å². The van der Waals surface area contributed by atoms with Gasteiger partial charge in [-0.2, -0.15) is 0 Å². The van der Waals surface area contributed by atoms with Crippen molar-refractivity contribution >= 4 is 18.0 Å². The second kappa shape index (κ2) is 6.72. The molecule has 0 aliphatic carbocycles. The summed E-state index contributed by atoms with van der Waals surface area (Å²) in [4.78, 5) is 36.6. The summed E-state index contributed by atoms with van der Waals surface area (Å²) in [5.74, 6) is -1.48. The fraction of sp³-hybridized carbons (Fsp3) is 0.471. The lowest BCUT2D eigenvalue weighted by Gasteiger charge is -2.39. The van der Waals surface area contributed by atoms with E-state index in [9.17, 15) is 19.5 Å². The summed E-state index contributed by atoms with van der Waals surface area (Å²) in [5, 5.41) is 24.4. The molecular weight excluding hydrogens is 326 g/mol. The molecule has 1 fully saturated rings. The zero-order chi connectivity index (χ0) is 18.0. The van der Waals surface area contributed by atoms with E-state index in [4.69, 9.17) is 5.11 Å². The van der Waals surface area contributed by atoms with Crippen molar-refractivity contribution in [2.75, 3.05) is 13.1 Å². The van der Waals surface area contributed by atoms with Crippen LogP contribution in [0, 0.1) is 0 Å². The van der Waals surface area contributed by atoms with E-state index in [1.54, 1.807) is 0 Å². The van der Waals surface area contributed by atoms with Crippen LogP contribution in [0.15, 0.2) is 24.3 Å². The topological polar surface area (TPSA) is 119 Å². The molecular formula is C17H21N3O5. The van der Waals surface area contributed by atoms with Gasteiger partial charge in [-0.15, -0.1) is 0 Å². The Balaban J connectivity index is 1.68. The van der Waals surface area contributed by atoms with Gasteiger partial charge in [-0.3, -0.25) is 4.79 Å². The first-order chi connectivity index (χ1) is 11.9. The van der Waals surface area contributed by atoms with E-state index in [0.29, 0.717) is 13.0 Å².